The molecule has 1 N–H and O–H groups in total. The molecule has 0 aliphatic heterocycles. The number of hydrogen-bond acceptors (Lipinski definition) is 5. The number of hydrogen-bond donors (Lipinski definition) is 1. The van der Waals surface area contributed by atoms with Crippen LogP contribution in [0.3, 0.4) is 0 Å². The van der Waals surface area contributed by atoms with E-state index in [0.717, 1.165) is 21.3 Å². The predicted octanol–water partition coefficient (Wildman–Crippen LogP) is 3.86. The average molecular weight is 316 g/mol. The third kappa shape index (κ3) is 3.01. The number of carboxylic acid groups (broad SMARTS) is 1. The molecule has 0 aliphatic rings. The van der Waals surface area contributed by atoms with E-state index in [0.29, 0.717) is 11.3 Å². The van der Waals surface area contributed by atoms with Gasteiger partial charge < -0.3 is 5.11 Å². The first kappa shape index (κ1) is 13.9. The molecule has 0 fully saturated rings. The molecule has 2 aromatic heterocycles. The molecule has 0 unspecified atom stereocenters. The molecule has 0 bridgehead atoms. The number of carboxylic acids is 1. The first-order valence-corrected chi connectivity index (χ1v) is 8.02. The van der Waals surface area contributed by atoms with Gasteiger partial charge in [0.2, 0.25) is 0 Å². The number of benzene rings is 1. The highest BCUT2D eigenvalue weighted by Gasteiger charge is 2.19. The summed E-state index contributed by atoms with van der Waals surface area (Å²) in [6.07, 6.45) is 0.572. The second kappa shape index (κ2) is 5.75. The van der Waals surface area contributed by atoms with Crippen molar-refractivity contribution in [3.63, 3.8) is 0 Å². The van der Waals surface area contributed by atoms with Crippen LogP contribution in [0.4, 0.5) is 0 Å². The van der Waals surface area contributed by atoms with Crippen LogP contribution in [0.15, 0.2) is 35.7 Å². The van der Waals surface area contributed by atoms with Gasteiger partial charge in [0, 0.05) is 11.8 Å². The van der Waals surface area contributed by atoms with E-state index in [1.54, 1.807) is 11.3 Å². The zero-order chi connectivity index (χ0) is 14.8. The van der Waals surface area contributed by atoms with E-state index in [2.05, 4.69) is 9.97 Å². The molecule has 0 saturated carbocycles. The lowest BCUT2D eigenvalue weighted by Crippen LogP contribution is -1.99. The van der Waals surface area contributed by atoms with Crippen LogP contribution in [-0.2, 0) is 6.42 Å². The van der Waals surface area contributed by atoms with Gasteiger partial charge in [-0.15, -0.1) is 22.7 Å². The molecule has 0 amide bonds. The summed E-state index contributed by atoms with van der Waals surface area (Å²) in [5, 5.41) is 13.1. The molecule has 106 valence electrons. The summed E-state index contributed by atoms with van der Waals surface area (Å²) in [5.74, 6) is -0.995. The maximum atomic E-state index is 11.4. The van der Waals surface area contributed by atoms with Crippen molar-refractivity contribution in [2.24, 2.45) is 0 Å². The summed E-state index contributed by atoms with van der Waals surface area (Å²) in [6, 6.07) is 9.49. The van der Waals surface area contributed by atoms with Crippen molar-refractivity contribution in [2.75, 3.05) is 0 Å². The highest BCUT2D eigenvalue weighted by atomic mass is 32.1. The first-order chi connectivity index (χ1) is 10.1. The number of aromatic nitrogens is 2. The number of nitrogens with zero attached hydrogens (tertiary/aromatic N) is 2. The Morgan fingerprint density at radius 3 is 2.62 bits per heavy atom. The number of aromatic carboxylic acids is 1. The van der Waals surface area contributed by atoms with Crippen LogP contribution in [-0.4, -0.2) is 21.0 Å². The van der Waals surface area contributed by atoms with Crippen LogP contribution >= 0.6 is 22.7 Å². The van der Waals surface area contributed by atoms with Gasteiger partial charge in [0.15, 0.2) is 5.69 Å². The van der Waals surface area contributed by atoms with E-state index < -0.39 is 5.97 Å². The van der Waals surface area contributed by atoms with Gasteiger partial charge in [-0.1, -0.05) is 30.3 Å². The van der Waals surface area contributed by atoms with Crippen LogP contribution in [0, 0.1) is 6.92 Å². The Labute approximate surface area is 129 Å². The molecular weight excluding hydrogens is 304 g/mol. The summed E-state index contributed by atoms with van der Waals surface area (Å²) in [7, 11) is 0. The number of carbonyl (C=O) groups is 1. The summed E-state index contributed by atoms with van der Waals surface area (Å²) in [6.45, 7) is 1.95. The van der Waals surface area contributed by atoms with Crippen molar-refractivity contribution in [3.05, 3.63) is 57.1 Å². The third-order valence-corrected chi connectivity index (χ3v) is 4.84. The highest BCUT2D eigenvalue weighted by molar-refractivity contribution is 7.15. The fourth-order valence-corrected chi connectivity index (χ4v) is 3.70. The Hall–Kier alpha value is -2.05. The molecule has 3 aromatic rings. The molecule has 0 radical (unpaired) electrons. The van der Waals surface area contributed by atoms with E-state index in [4.69, 9.17) is 0 Å². The van der Waals surface area contributed by atoms with Crippen molar-refractivity contribution in [3.8, 4) is 10.4 Å². The molecular formula is C15H12N2O2S2. The number of rotatable bonds is 4. The fraction of sp³-hybridized carbons (Fsp3) is 0.133. The van der Waals surface area contributed by atoms with E-state index in [-0.39, 0.29) is 5.69 Å². The molecule has 0 saturated heterocycles. The maximum Gasteiger partial charge on any atom is 0.356 e. The minimum atomic E-state index is -0.995. The Kier molecular flexibility index (Phi) is 3.81. The second-order valence-electron chi connectivity index (χ2n) is 4.49. The highest BCUT2D eigenvalue weighted by Crippen LogP contribution is 2.31. The predicted molar refractivity (Wildman–Crippen MR) is 84.2 cm³/mol. The van der Waals surface area contributed by atoms with Crippen molar-refractivity contribution < 1.29 is 9.90 Å². The quantitative estimate of drug-likeness (QED) is 0.794. The molecule has 1 aromatic carbocycles. The van der Waals surface area contributed by atoms with Crippen molar-refractivity contribution in [2.45, 2.75) is 13.3 Å². The van der Waals surface area contributed by atoms with Gasteiger partial charge in [0.05, 0.1) is 15.6 Å². The van der Waals surface area contributed by atoms with Gasteiger partial charge in [-0.25, -0.2) is 14.8 Å². The molecule has 21 heavy (non-hydrogen) atoms. The van der Waals surface area contributed by atoms with E-state index in [1.807, 2.05) is 42.6 Å². The van der Waals surface area contributed by atoms with Gasteiger partial charge >= 0.3 is 5.97 Å². The zero-order valence-electron chi connectivity index (χ0n) is 11.2. The maximum absolute atomic E-state index is 11.4. The minimum absolute atomic E-state index is 0.119. The lowest BCUT2D eigenvalue weighted by atomic mass is 10.1. The Morgan fingerprint density at radius 2 is 2.00 bits per heavy atom. The standard InChI is InChI=1S/C15H12N2O2S2/c1-9-16-11(8-20-9)7-12-17-13(15(18)19)14(21-12)10-5-3-2-4-6-10/h2-6,8H,7H2,1H3,(H,18,19). The van der Waals surface area contributed by atoms with Crippen molar-refractivity contribution in [1.29, 1.82) is 0 Å². The molecule has 2 heterocycles. The van der Waals surface area contributed by atoms with Crippen molar-refractivity contribution in [1.82, 2.24) is 9.97 Å². The largest absolute Gasteiger partial charge is 0.476 e. The summed E-state index contributed by atoms with van der Waals surface area (Å²) >= 11 is 3.00. The van der Waals surface area contributed by atoms with Gasteiger partial charge in [-0.05, 0) is 12.5 Å². The summed E-state index contributed by atoms with van der Waals surface area (Å²) in [4.78, 5) is 20.8. The Morgan fingerprint density at radius 1 is 1.24 bits per heavy atom. The smallest absolute Gasteiger partial charge is 0.356 e. The average Bonchev–Trinajstić information content (AvgIpc) is 3.07. The van der Waals surface area contributed by atoms with E-state index >= 15 is 0 Å². The topological polar surface area (TPSA) is 63.1 Å². The van der Waals surface area contributed by atoms with Crippen LogP contribution in [0.25, 0.3) is 10.4 Å². The molecule has 3 rings (SSSR count). The SMILES string of the molecule is Cc1nc(Cc2nc(C(=O)O)c(-c3ccccc3)s2)cs1. The van der Waals surface area contributed by atoms with E-state index in [9.17, 15) is 9.90 Å². The molecule has 0 spiro atoms. The number of aryl methyl sites for hydroxylation is 1. The zero-order valence-corrected chi connectivity index (χ0v) is 12.9. The Bertz CT molecular complexity index is 778. The van der Waals surface area contributed by atoms with Crippen LogP contribution < -0.4 is 0 Å². The molecule has 4 nitrogen and oxygen atoms in total. The van der Waals surface area contributed by atoms with E-state index in [1.165, 1.54) is 11.3 Å². The second-order valence-corrected chi connectivity index (χ2v) is 6.64. The number of thiazole rings is 2. The molecule has 0 atom stereocenters. The molecule has 6 heteroatoms. The van der Waals surface area contributed by atoms with Crippen LogP contribution in [0.2, 0.25) is 0 Å². The third-order valence-electron chi connectivity index (χ3n) is 2.91. The van der Waals surface area contributed by atoms with Crippen LogP contribution in [0.1, 0.15) is 26.2 Å². The lowest BCUT2D eigenvalue weighted by molar-refractivity contribution is 0.0692. The normalized spacial score (nSPS) is 10.7. The van der Waals surface area contributed by atoms with Crippen molar-refractivity contribution >= 4 is 28.6 Å². The first-order valence-electron chi connectivity index (χ1n) is 6.33. The lowest BCUT2D eigenvalue weighted by Gasteiger charge is -1.97. The van der Waals surface area contributed by atoms with Gasteiger partial charge in [0.1, 0.15) is 5.01 Å². The molecule has 0 aliphatic carbocycles. The Balaban J connectivity index is 1.99. The van der Waals surface area contributed by atoms with Gasteiger partial charge in [0.25, 0.3) is 0 Å². The summed E-state index contributed by atoms with van der Waals surface area (Å²) < 4.78 is 0. The van der Waals surface area contributed by atoms with Gasteiger partial charge in [-0.2, -0.15) is 0 Å². The fourth-order valence-electron chi connectivity index (χ4n) is 2.01. The monoisotopic (exact) mass is 316 g/mol. The summed E-state index contributed by atoms with van der Waals surface area (Å²) in [5.41, 5.74) is 1.93. The van der Waals surface area contributed by atoms with Crippen LogP contribution in [0.5, 0.6) is 0 Å². The minimum Gasteiger partial charge on any atom is -0.476 e. The van der Waals surface area contributed by atoms with Gasteiger partial charge in [-0.3, -0.25) is 0 Å².